The van der Waals surface area contributed by atoms with Gasteiger partial charge in [-0.25, -0.2) is 29.5 Å². The van der Waals surface area contributed by atoms with Gasteiger partial charge in [0.1, 0.15) is 23.3 Å². The molecule has 6 rings (SSSR count). The fraction of sp³-hybridized carbons (Fsp3) is 0.172. The predicted octanol–water partition coefficient (Wildman–Crippen LogP) is 1.89. The van der Waals surface area contributed by atoms with Crippen LogP contribution in [-0.2, 0) is 40.3 Å². The number of esters is 1. The average Bonchev–Trinajstić information content (AvgIpc) is 3.50. The van der Waals surface area contributed by atoms with Crippen LogP contribution in [-0.4, -0.2) is 55.9 Å². The molecule has 0 atom stereocenters. The quantitative estimate of drug-likeness (QED) is 0.278. The van der Waals surface area contributed by atoms with Gasteiger partial charge in [-0.15, -0.1) is 0 Å². The molecule has 5 N–H and O–H groups in total. The third-order valence-corrected chi connectivity index (χ3v) is 6.73. The molecule has 2 aliphatic heterocycles. The number of fused-ring (bicyclic) bond motifs is 2. The monoisotopic (exact) mass is 583 g/mol. The summed E-state index contributed by atoms with van der Waals surface area (Å²) in [5.74, 6) is -1.96. The molecule has 2 aromatic heterocycles. The number of aromatic carboxylic acids is 1. The summed E-state index contributed by atoms with van der Waals surface area (Å²) in [6.07, 6.45) is 0.226. The Hall–Kier alpha value is -5.92. The van der Waals surface area contributed by atoms with Crippen molar-refractivity contribution in [2.75, 3.05) is 28.4 Å². The zero-order valence-electron chi connectivity index (χ0n) is 23.9. The molecule has 2 amide bonds. The van der Waals surface area contributed by atoms with Crippen LogP contribution < -0.4 is 21.3 Å². The number of nitrogens with zero attached hydrogens (tertiary/aromatic N) is 6. The molecule has 0 saturated carbocycles. The van der Waals surface area contributed by atoms with Crippen molar-refractivity contribution >= 4 is 47.0 Å². The molecule has 0 radical (unpaired) electrons. The number of carboxylic acid groups (broad SMARTS) is 1. The van der Waals surface area contributed by atoms with E-state index in [0.29, 0.717) is 30.0 Å². The number of hydrogen-bond donors (Lipinski definition) is 3. The Bertz CT molecular complexity index is 1740. The lowest BCUT2D eigenvalue weighted by molar-refractivity contribution is -0.118. The first-order valence-electron chi connectivity index (χ1n) is 13.0. The van der Waals surface area contributed by atoms with Crippen LogP contribution in [0.1, 0.15) is 44.9 Å². The smallest absolute Gasteiger partial charge is 0.376 e. The Balaban J connectivity index is 0.000000197. The normalized spacial score (nSPS) is 13.2. The molecule has 0 spiro atoms. The highest BCUT2D eigenvalue weighted by atomic mass is 16.5. The molecular weight excluding hydrogens is 556 g/mol. The molecule has 43 heavy (non-hydrogen) atoms. The zero-order valence-corrected chi connectivity index (χ0v) is 22.9. The van der Waals surface area contributed by atoms with E-state index in [2.05, 4.69) is 24.7 Å². The van der Waals surface area contributed by atoms with Crippen LogP contribution in [0.15, 0.2) is 60.7 Å². The van der Waals surface area contributed by atoms with Gasteiger partial charge in [-0.3, -0.25) is 19.4 Å². The van der Waals surface area contributed by atoms with Crippen molar-refractivity contribution in [1.82, 2.24) is 19.9 Å². The minimum atomic E-state index is -1.27. The van der Waals surface area contributed by atoms with Gasteiger partial charge in [0.05, 0.1) is 33.0 Å². The molecular formula is C29H27N8O6-. The van der Waals surface area contributed by atoms with Gasteiger partial charge in [0.25, 0.3) is 0 Å². The van der Waals surface area contributed by atoms with Crippen molar-refractivity contribution < 1.29 is 30.4 Å². The van der Waals surface area contributed by atoms with Crippen LogP contribution >= 0.6 is 0 Å². The van der Waals surface area contributed by atoms with Crippen LogP contribution in [0, 0.1) is 0 Å². The van der Waals surface area contributed by atoms with Gasteiger partial charge >= 0.3 is 11.9 Å². The van der Waals surface area contributed by atoms with Crippen molar-refractivity contribution in [1.29, 1.82) is 0 Å². The fourth-order valence-corrected chi connectivity index (χ4v) is 4.63. The van der Waals surface area contributed by atoms with E-state index >= 15 is 0 Å². The number of carboxylic acids is 1. The zero-order chi connectivity index (χ0) is 30.7. The number of nitrogen functional groups attached to an aromatic ring is 2. The lowest BCUT2D eigenvalue weighted by atomic mass is 10.2. The van der Waals surface area contributed by atoms with Gasteiger partial charge in [-0.05, 0) is 11.1 Å². The van der Waals surface area contributed by atoms with Gasteiger partial charge in [-0.2, -0.15) is 0 Å². The van der Waals surface area contributed by atoms with Gasteiger partial charge in [0.2, 0.25) is 23.5 Å². The van der Waals surface area contributed by atoms with Crippen molar-refractivity contribution in [2.24, 2.45) is 0 Å². The third-order valence-electron chi connectivity index (χ3n) is 6.73. The SMILES string of the molecule is COC(=O)c1nc(N)c2c(n1)N(Cc1ccccc1)C(=O)C2.Nc1nc(C(=O)O)nc2c1CC(=O)N2Cc1ccccc1.[H-]. The highest BCUT2D eigenvalue weighted by Gasteiger charge is 2.34. The summed E-state index contributed by atoms with van der Waals surface area (Å²) in [7, 11) is 1.24. The van der Waals surface area contributed by atoms with Crippen LogP contribution in [0.25, 0.3) is 0 Å². The average molecular weight is 584 g/mol. The van der Waals surface area contributed by atoms with Crippen LogP contribution in [0.4, 0.5) is 23.3 Å². The highest BCUT2D eigenvalue weighted by molar-refractivity contribution is 6.03. The van der Waals surface area contributed by atoms with Gasteiger partial charge < -0.3 is 22.7 Å². The van der Waals surface area contributed by atoms with E-state index in [1.165, 1.54) is 16.9 Å². The summed E-state index contributed by atoms with van der Waals surface area (Å²) in [5.41, 5.74) is 14.5. The molecule has 0 aliphatic carbocycles. The molecule has 14 heteroatoms. The maximum Gasteiger partial charge on any atom is 0.376 e. The number of benzene rings is 2. The molecule has 2 aromatic carbocycles. The van der Waals surface area contributed by atoms with Crippen molar-refractivity contribution in [3.63, 3.8) is 0 Å². The van der Waals surface area contributed by atoms with E-state index in [4.69, 9.17) is 16.6 Å². The van der Waals surface area contributed by atoms with E-state index < -0.39 is 17.8 Å². The largest absolute Gasteiger partial charge is 1.00 e. The number of amides is 2. The maximum absolute atomic E-state index is 12.2. The molecule has 0 fully saturated rings. The molecule has 2 aliphatic rings. The fourth-order valence-electron chi connectivity index (χ4n) is 4.63. The number of rotatable bonds is 6. The van der Waals surface area contributed by atoms with Crippen molar-refractivity contribution in [3.8, 4) is 0 Å². The van der Waals surface area contributed by atoms with Crippen molar-refractivity contribution in [2.45, 2.75) is 25.9 Å². The summed E-state index contributed by atoms with van der Waals surface area (Å²) >= 11 is 0. The minimum Gasteiger partial charge on any atom is -1.00 e. The molecule has 0 saturated heterocycles. The predicted molar refractivity (Wildman–Crippen MR) is 155 cm³/mol. The summed E-state index contributed by atoms with van der Waals surface area (Å²) in [5, 5.41) is 9.00. The Morgan fingerprint density at radius 1 is 0.767 bits per heavy atom. The van der Waals surface area contributed by atoms with Gasteiger partial charge in [0, 0.05) is 11.1 Å². The number of nitrogens with two attached hydrogens (primary N) is 2. The number of carbonyl (C=O) groups is 4. The first kappa shape index (κ1) is 28.6. The van der Waals surface area contributed by atoms with Crippen molar-refractivity contribution in [3.05, 3.63) is 94.6 Å². The first-order chi connectivity index (χ1) is 20.7. The van der Waals surface area contributed by atoms with Crippen LogP contribution in [0.5, 0.6) is 0 Å². The first-order valence-corrected chi connectivity index (χ1v) is 13.0. The second-order valence-electron chi connectivity index (χ2n) is 9.55. The lowest BCUT2D eigenvalue weighted by Crippen LogP contribution is -2.27. The second-order valence-corrected chi connectivity index (χ2v) is 9.55. The lowest BCUT2D eigenvalue weighted by Gasteiger charge is -2.17. The van der Waals surface area contributed by atoms with Crippen LogP contribution in [0.3, 0.4) is 0 Å². The van der Waals surface area contributed by atoms with Gasteiger partial charge in [0.15, 0.2) is 0 Å². The Morgan fingerprint density at radius 3 is 1.60 bits per heavy atom. The van der Waals surface area contributed by atoms with Crippen LogP contribution in [0.2, 0.25) is 0 Å². The van der Waals surface area contributed by atoms with E-state index in [1.54, 1.807) is 0 Å². The summed E-state index contributed by atoms with van der Waals surface area (Å²) in [6, 6.07) is 18.9. The molecule has 0 bridgehead atoms. The standard InChI is InChI=1S/C15H14N4O3.C14H12N4O3.H/c1-22-15(21)13-17-12(16)10-7-11(20)19(14(10)18-13)8-9-5-3-2-4-6-9;15-11-9-6-10(19)18(7-8-4-2-1-3-5-8)13(9)17-12(16-11)14(20)21;/h2-6H,7-8H2,1H3,(H2,16,17,18);1-5H,6-7H2,(H,20,21)(H2,15,16,17);/q;;-1. The van der Waals surface area contributed by atoms with E-state index in [9.17, 15) is 19.2 Å². The molecule has 220 valence electrons. The number of anilines is 4. The van der Waals surface area contributed by atoms with E-state index in [0.717, 1.165) is 11.1 Å². The number of carbonyl (C=O) groups excluding carboxylic acids is 3. The Kier molecular flexibility index (Phi) is 7.92. The third kappa shape index (κ3) is 5.93. The number of aromatic nitrogens is 4. The summed E-state index contributed by atoms with van der Waals surface area (Å²) < 4.78 is 4.61. The van der Waals surface area contributed by atoms with E-state index in [-0.39, 0.29) is 49.4 Å². The maximum atomic E-state index is 12.2. The second kappa shape index (κ2) is 11.9. The minimum absolute atomic E-state index is 0. The highest BCUT2D eigenvalue weighted by Crippen LogP contribution is 2.33. The number of ether oxygens (including phenoxy) is 1. The molecule has 14 nitrogen and oxygen atoms in total. The summed E-state index contributed by atoms with van der Waals surface area (Å²) in [4.78, 5) is 65.6. The molecule has 4 aromatic rings. The topological polar surface area (TPSA) is 208 Å². The van der Waals surface area contributed by atoms with E-state index in [1.807, 2.05) is 60.7 Å². The van der Waals surface area contributed by atoms with Gasteiger partial charge in [-0.1, -0.05) is 60.7 Å². The Labute approximate surface area is 246 Å². The summed E-state index contributed by atoms with van der Waals surface area (Å²) in [6.45, 7) is 0.686. The number of methoxy groups -OCH3 is 1. The molecule has 0 unspecified atom stereocenters. The Morgan fingerprint density at radius 2 is 1.19 bits per heavy atom. The molecule has 4 heterocycles. The number of hydrogen-bond acceptors (Lipinski definition) is 11.